The van der Waals surface area contributed by atoms with Crippen LogP contribution in [0, 0.1) is 0 Å². The number of fused-ring (bicyclic) bond motifs is 1. The second-order valence-corrected chi connectivity index (χ2v) is 5.14. The van der Waals surface area contributed by atoms with E-state index >= 15 is 0 Å². The van der Waals surface area contributed by atoms with Gasteiger partial charge >= 0.3 is 0 Å². The summed E-state index contributed by atoms with van der Waals surface area (Å²) in [4.78, 5) is 15.8. The van der Waals surface area contributed by atoms with Gasteiger partial charge < -0.3 is 14.2 Å². The van der Waals surface area contributed by atoms with E-state index in [4.69, 9.17) is 25.8 Å². The maximum Gasteiger partial charge on any atom is 0.163 e. The molecule has 1 aromatic heterocycles. The molecule has 0 N–H and O–H groups in total. The van der Waals surface area contributed by atoms with E-state index in [1.54, 1.807) is 26.4 Å². The molecule has 0 spiro atoms. The molecule has 2 aromatic rings. The van der Waals surface area contributed by atoms with Crippen LogP contribution in [0.1, 0.15) is 23.7 Å². The minimum absolute atomic E-state index is 0.127. The molecule has 2 rings (SSSR count). The number of hydrogen-bond donors (Lipinski definition) is 0. The fraction of sp³-hybridized carbons (Fsp3) is 0.375. The lowest BCUT2D eigenvalue weighted by molar-refractivity contribution is 0.101. The summed E-state index contributed by atoms with van der Waals surface area (Å²) in [6, 6.07) is 3.50. The third-order valence-electron chi connectivity index (χ3n) is 3.22. The topological polar surface area (TPSA) is 57.7 Å². The minimum Gasteiger partial charge on any atom is -0.493 e. The Labute approximate surface area is 134 Å². The summed E-state index contributed by atoms with van der Waals surface area (Å²) >= 11 is 6.29. The molecule has 0 saturated carbocycles. The van der Waals surface area contributed by atoms with Gasteiger partial charge in [-0.3, -0.25) is 9.78 Å². The van der Waals surface area contributed by atoms with Crippen molar-refractivity contribution in [2.75, 3.05) is 27.4 Å². The summed E-state index contributed by atoms with van der Waals surface area (Å²) in [5.74, 6) is 1.01. The largest absolute Gasteiger partial charge is 0.493 e. The summed E-state index contributed by atoms with van der Waals surface area (Å²) < 4.78 is 16.0. The van der Waals surface area contributed by atoms with Gasteiger partial charge in [-0.25, -0.2) is 0 Å². The van der Waals surface area contributed by atoms with Crippen molar-refractivity contribution in [3.05, 3.63) is 28.9 Å². The van der Waals surface area contributed by atoms with E-state index in [1.165, 1.54) is 13.1 Å². The number of rotatable bonds is 7. The van der Waals surface area contributed by atoms with E-state index in [1.807, 2.05) is 0 Å². The number of nitrogens with zero attached hydrogens (tertiary/aromatic N) is 1. The summed E-state index contributed by atoms with van der Waals surface area (Å²) in [5, 5.41) is 1.04. The van der Waals surface area contributed by atoms with Crippen LogP contribution in [0.4, 0.5) is 0 Å². The van der Waals surface area contributed by atoms with Gasteiger partial charge in [-0.05, 0) is 13.0 Å². The van der Waals surface area contributed by atoms with Crippen LogP contribution in [0.25, 0.3) is 10.9 Å². The Kier molecular flexibility index (Phi) is 5.57. The molecule has 0 amide bonds. The number of Topliss-reactive ketones (excluding diaryl/α,β-unsaturated/α-hetero) is 1. The first-order valence-electron chi connectivity index (χ1n) is 6.87. The second kappa shape index (κ2) is 7.42. The van der Waals surface area contributed by atoms with Gasteiger partial charge in [0, 0.05) is 37.8 Å². The fourth-order valence-corrected chi connectivity index (χ4v) is 2.40. The van der Waals surface area contributed by atoms with Crippen LogP contribution in [0.5, 0.6) is 11.5 Å². The van der Waals surface area contributed by atoms with Crippen LogP contribution in [-0.2, 0) is 4.74 Å². The standard InChI is InChI=1S/C16H18ClNO4/c1-10(19)12-9-18-13-8-15(22-6-4-5-20-2)14(21-3)7-11(13)16(12)17/h7-9H,4-6H2,1-3H3. The number of methoxy groups -OCH3 is 2. The van der Waals surface area contributed by atoms with E-state index < -0.39 is 0 Å². The van der Waals surface area contributed by atoms with Crippen LogP contribution >= 0.6 is 11.6 Å². The second-order valence-electron chi connectivity index (χ2n) is 4.76. The molecule has 1 aromatic carbocycles. The maximum atomic E-state index is 11.5. The Morgan fingerprint density at radius 1 is 1.23 bits per heavy atom. The molecule has 118 valence electrons. The SMILES string of the molecule is COCCCOc1cc2ncc(C(C)=O)c(Cl)c2cc1OC. The Morgan fingerprint density at radius 3 is 2.64 bits per heavy atom. The highest BCUT2D eigenvalue weighted by atomic mass is 35.5. The molecule has 0 unspecified atom stereocenters. The summed E-state index contributed by atoms with van der Waals surface area (Å²) in [5.41, 5.74) is 1.04. The van der Waals surface area contributed by atoms with Crippen molar-refractivity contribution >= 4 is 28.3 Å². The zero-order valence-corrected chi connectivity index (χ0v) is 13.6. The molecule has 0 saturated heterocycles. The zero-order chi connectivity index (χ0) is 16.1. The Bertz CT molecular complexity index is 687. The van der Waals surface area contributed by atoms with Gasteiger partial charge in [0.25, 0.3) is 0 Å². The number of ketones is 1. The van der Waals surface area contributed by atoms with Gasteiger partial charge in [-0.2, -0.15) is 0 Å². The molecule has 1 heterocycles. The Balaban J connectivity index is 2.39. The predicted octanol–water partition coefficient (Wildman–Crippen LogP) is 3.51. The molecule has 0 aliphatic heterocycles. The van der Waals surface area contributed by atoms with E-state index in [-0.39, 0.29) is 5.78 Å². The predicted molar refractivity (Wildman–Crippen MR) is 85.3 cm³/mol. The molecule has 5 nitrogen and oxygen atoms in total. The first-order chi connectivity index (χ1) is 10.6. The van der Waals surface area contributed by atoms with Crippen LogP contribution < -0.4 is 9.47 Å². The number of carbonyl (C=O) groups excluding carboxylic acids is 1. The van der Waals surface area contributed by atoms with E-state index in [9.17, 15) is 4.79 Å². The molecule has 0 bridgehead atoms. The highest BCUT2D eigenvalue weighted by Gasteiger charge is 2.14. The average molecular weight is 324 g/mol. The third kappa shape index (κ3) is 3.48. The maximum absolute atomic E-state index is 11.5. The van der Waals surface area contributed by atoms with Crippen molar-refractivity contribution in [3.8, 4) is 11.5 Å². The average Bonchev–Trinajstić information content (AvgIpc) is 2.51. The van der Waals surface area contributed by atoms with Crippen molar-refractivity contribution < 1.29 is 19.0 Å². The first-order valence-corrected chi connectivity index (χ1v) is 7.25. The molecule has 6 heteroatoms. The molecular formula is C16H18ClNO4. The summed E-state index contributed by atoms with van der Waals surface area (Å²) in [7, 11) is 3.20. The number of carbonyl (C=O) groups is 1. The molecule has 22 heavy (non-hydrogen) atoms. The number of ether oxygens (including phenoxy) is 3. The molecule has 0 atom stereocenters. The van der Waals surface area contributed by atoms with Crippen LogP contribution in [-0.4, -0.2) is 38.2 Å². The fourth-order valence-electron chi connectivity index (χ4n) is 2.07. The molecule has 0 aliphatic carbocycles. The number of benzene rings is 1. The van der Waals surface area contributed by atoms with Crippen molar-refractivity contribution in [3.63, 3.8) is 0 Å². The van der Waals surface area contributed by atoms with Crippen LogP contribution in [0.15, 0.2) is 18.3 Å². The molecule has 0 fully saturated rings. The van der Waals surface area contributed by atoms with E-state index in [0.717, 1.165) is 6.42 Å². The van der Waals surface area contributed by atoms with Gasteiger partial charge in [-0.15, -0.1) is 0 Å². The van der Waals surface area contributed by atoms with Crippen LogP contribution in [0.3, 0.4) is 0 Å². The number of halogens is 1. The molecule has 0 radical (unpaired) electrons. The van der Waals surface area contributed by atoms with Crippen molar-refractivity contribution in [1.82, 2.24) is 4.98 Å². The minimum atomic E-state index is -0.127. The van der Waals surface area contributed by atoms with Crippen molar-refractivity contribution in [2.45, 2.75) is 13.3 Å². The zero-order valence-electron chi connectivity index (χ0n) is 12.8. The van der Waals surface area contributed by atoms with Gasteiger partial charge in [0.1, 0.15) is 0 Å². The van der Waals surface area contributed by atoms with E-state index in [2.05, 4.69) is 4.98 Å². The smallest absolute Gasteiger partial charge is 0.163 e. The molecule has 0 aliphatic rings. The lowest BCUT2D eigenvalue weighted by Gasteiger charge is -2.13. The normalized spacial score (nSPS) is 10.7. The van der Waals surface area contributed by atoms with E-state index in [0.29, 0.717) is 46.2 Å². The highest BCUT2D eigenvalue weighted by Crippen LogP contribution is 2.35. The lowest BCUT2D eigenvalue weighted by atomic mass is 10.1. The first kappa shape index (κ1) is 16.5. The summed E-state index contributed by atoms with van der Waals surface area (Å²) in [6.45, 7) is 2.59. The Morgan fingerprint density at radius 2 is 2.00 bits per heavy atom. The van der Waals surface area contributed by atoms with Crippen LogP contribution in [0.2, 0.25) is 5.02 Å². The summed E-state index contributed by atoms with van der Waals surface area (Å²) in [6.07, 6.45) is 2.25. The van der Waals surface area contributed by atoms with Gasteiger partial charge in [0.05, 0.1) is 29.8 Å². The van der Waals surface area contributed by atoms with Crippen molar-refractivity contribution in [1.29, 1.82) is 0 Å². The van der Waals surface area contributed by atoms with Gasteiger partial charge in [0.15, 0.2) is 17.3 Å². The number of hydrogen-bond acceptors (Lipinski definition) is 5. The van der Waals surface area contributed by atoms with Gasteiger partial charge in [-0.1, -0.05) is 11.6 Å². The van der Waals surface area contributed by atoms with Crippen molar-refractivity contribution in [2.24, 2.45) is 0 Å². The monoisotopic (exact) mass is 323 g/mol. The number of aromatic nitrogens is 1. The molecular weight excluding hydrogens is 306 g/mol. The third-order valence-corrected chi connectivity index (χ3v) is 3.62. The lowest BCUT2D eigenvalue weighted by Crippen LogP contribution is -2.03. The Hall–Kier alpha value is -1.85. The highest BCUT2D eigenvalue weighted by molar-refractivity contribution is 6.38. The number of pyridine rings is 1. The van der Waals surface area contributed by atoms with Gasteiger partial charge in [0.2, 0.25) is 0 Å². The quantitative estimate of drug-likeness (QED) is 0.576.